The Kier molecular flexibility index (Phi) is 4.96. The van der Waals surface area contributed by atoms with Crippen molar-refractivity contribution in [2.45, 2.75) is 5.92 Å². The van der Waals surface area contributed by atoms with Gasteiger partial charge in [0, 0.05) is 18.8 Å². The summed E-state index contributed by atoms with van der Waals surface area (Å²) in [6.45, 7) is 0. The van der Waals surface area contributed by atoms with E-state index in [0.29, 0.717) is 11.0 Å². The van der Waals surface area contributed by atoms with E-state index >= 15 is 8.78 Å². The number of benzene rings is 2. The molecule has 0 amide bonds. The molecule has 0 fully saturated rings. The highest BCUT2D eigenvalue weighted by atomic mass is 19.3. The maximum atomic E-state index is 15.2. The molecule has 0 saturated carbocycles. The number of aryl methyl sites for hydroxylation is 1. The van der Waals surface area contributed by atoms with Crippen molar-refractivity contribution >= 4 is 23.0 Å². The number of carbonyl (C=O) groups is 1. The summed E-state index contributed by atoms with van der Waals surface area (Å²) in [6, 6.07) is 7.94. The Hall–Kier alpha value is -4.15. The lowest BCUT2D eigenvalue weighted by molar-refractivity contribution is 0.0657. The molecule has 0 spiro atoms. The molecule has 32 heavy (non-hydrogen) atoms. The van der Waals surface area contributed by atoms with Crippen molar-refractivity contribution in [3.8, 4) is 11.3 Å². The van der Waals surface area contributed by atoms with Crippen molar-refractivity contribution < 1.29 is 22.4 Å². The Labute approximate surface area is 177 Å². The lowest BCUT2D eigenvalue weighted by atomic mass is 10.0. The first-order valence-electron chi connectivity index (χ1n) is 9.13. The summed E-state index contributed by atoms with van der Waals surface area (Å²) < 4.78 is 60.7. The van der Waals surface area contributed by atoms with Gasteiger partial charge >= 0.3 is 5.92 Å². The molecular weight excluding hydrogens is 428 g/mol. The molecule has 11 heteroatoms. The molecule has 7 nitrogen and oxygen atoms in total. The molecule has 2 aromatic carbocycles. The van der Waals surface area contributed by atoms with Gasteiger partial charge in [-0.25, -0.2) is 8.78 Å². The van der Waals surface area contributed by atoms with E-state index in [9.17, 15) is 13.6 Å². The summed E-state index contributed by atoms with van der Waals surface area (Å²) in [5.41, 5.74) is -1.54. The minimum absolute atomic E-state index is 0.0268. The standard InChI is InChI=1S/C21H14F4N6O/c1-30-9-13-17(28-30)5-4-14(19(13)23)21(24,25)20(27)31-18(26)7-6-16(29-31)11-2-3-12(10-32)15(22)8-11/h2-10,26-27H,1H3. The highest BCUT2D eigenvalue weighted by molar-refractivity contribution is 5.90. The van der Waals surface area contributed by atoms with Gasteiger partial charge in [0.1, 0.15) is 17.1 Å². The fraction of sp³-hybridized carbons (Fsp3) is 0.0952. The van der Waals surface area contributed by atoms with E-state index in [4.69, 9.17) is 10.8 Å². The van der Waals surface area contributed by atoms with E-state index in [-0.39, 0.29) is 27.7 Å². The minimum Gasteiger partial charge on any atom is -0.298 e. The molecule has 0 aliphatic rings. The van der Waals surface area contributed by atoms with E-state index < -0.39 is 34.4 Å². The number of hydrogen-bond donors (Lipinski definition) is 2. The Morgan fingerprint density at radius 1 is 1.09 bits per heavy atom. The van der Waals surface area contributed by atoms with Crippen molar-refractivity contribution in [3.05, 3.63) is 76.9 Å². The van der Waals surface area contributed by atoms with Crippen LogP contribution in [0.2, 0.25) is 0 Å². The topological polar surface area (TPSA) is 100 Å². The maximum Gasteiger partial charge on any atom is 0.334 e. The molecule has 2 N–H and O–H groups in total. The molecule has 0 unspecified atom stereocenters. The molecule has 0 aliphatic carbocycles. The fourth-order valence-corrected chi connectivity index (χ4v) is 3.21. The first-order chi connectivity index (χ1) is 15.1. The van der Waals surface area contributed by atoms with Crippen LogP contribution in [0.15, 0.2) is 48.7 Å². The lowest BCUT2D eigenvalue weighted by Gasteiger charge is -2.20. The molecule has 2 aromatic heterocycles. The Morgan fingerprint density at radius 2 is 1.84 bits per heavy atom. The van der Waals surface area contributed by atoms with Gasteiger partial charge in [0.2, 0.25) is 0 Å². The van der Waals surface area contributed by atoms with Crippen LogP contribution >= 0.6 is 0 Å². The lowest BCUT2D eigenvalue weighted by Crippen LogP contribution is -2.40. The highest BCUT2D eigenvalue weighted by Gasteiger charge is 2.42. The van der Waals surface area contributed by atoms with E-state index in [2.05, 4.69) is 10.2 Å². The zero-order chi connectivity index (χ0) is 23.2. The third kappa shape index (κ3) is 3.37. The molecule has 162 valence electrons. The van der Waals surface area contributed by atoms with E-state index in [1.165, 1.54) is 42.2 Å². The third-order valence-corrected chi connectivity index (χ3v) is 4.84. The predicted molar refractivity (Wildman–Crippen MR) is 107 cm³/mol. The van der Waals surface area contributed by atoms with Crippen molar-refractivity contribution in [2.75, 3.05) is 0 Å². The molecule has 0 saturated heterocycles. The summed E-state index contributed by atoms with van der Waals surface area (Å²) in [6.07, 6.45) is 1.57. The van der Waals surface area contributed by atoms with Gasteiger partial charge in [-0.05, 0) is 36.4 Å². The molecular formula is C21H14F4N6O. The molecule has 4 rings (SSSR count). The Bertz CT molecular complexity index is 1460. The van der Waals surface area contributed by atoms with Gasteiger partial charge in [0.05, 0.1) is 27.7 Å². The summed E-state index contributed by atoms with van der Waals surface area (Å²) in [5, 5.41) is 23.6. The number of aromatic nitrogens is 4. The summed E-state index contributed by atoms with van der Waals surface area (Å²) in [4.78, 5) is 10.8. The highest BCUT2D eigenvalue weighted by Crippen LogP contribution is 2.34. The first-order valence-corrected chi connectivity index (χ1v) is 9.13. The van der Waals surface area contributed by atoms with Crippen LogP contribution in [0.1, 0.15) is 15.9 Å². The van der Waals surface area contributed by atoms with Gasteiger partial charge in [-0.2, -0.15) is 23.7 Å². The smallest absolute Gasteiger partial charge is 0.298 e. The van der Waals surface area contributed by atoms with Crippen molar-refractivity contribution in [1.29, 1.82) is 10.8 Å². The molecule has 2 heterocycles. The number of alkyl halides is 2. The van der Waals surface area contributed by atoms with Crippen LogP contribution in [0.3, 0.4) is 0 Å². The summed E-state index contributed by atoms with van der Waals surface area (Å²) >= 11 is 0. The van der Waals surface area contributed by atoms with Gasteiger partial charge in [-0.15, -0.1) is 0 Å². The van der Waals surface area contributed by atoms with Crippen LogP contribution in [0.5, 0.6) is 0 Å². The monoisotopic (exact) mass is 442 g/mol. The third-order valence-electron chi connectivity index (χ3n) is 4.84. The molecule has 0 atom stereocenters. The van der Waals surface area contributed by atoms with E-state index in [1.807, 2.05) is 0 Å². The van der Waals surface area contributed by atoms with Crippen molar-refractivity contribution in [2.24, 2.45) is 7.05 Å². The quantitative estimate of drug-likeness (QED) is 0.219. The number of nitrogens with one attached hydrogen (secondary N) is 2. The first kappa shape index (κ1) is 21.1. The van der Waals surface area contributed by atoms with Crippen LogP contribution in [0.25, 0.3) is 22.2 Å². The van der Waals surface area contributed by atoms with Crippen LogP contribution < -0.4 is 5.49 Å². The maximum absolute atomic E-state index is 15.2. The second-order valence-electron chi connectivity index (χ2n) is 6.96. The van der Waals surface area contributed by atoms with Gasteiger partial charge in [0.25, 0.3) is 0 Å². The van der Waals surface area contributed by atoms with Gasteiger partial charge in [-0.3, -0.25) is 20.3 Å². The van der Waals surface area contributed by atoms with Crippen molar-refractivity contribution in [3.63, 3.8) is 0 Å². The predicted octanol–water partition coefficient (Wildman–Crippen LogP) is 3.62. The Balaban J connectivity index is 1.79. The number of aldehydes is 1. The van der Waals surface area contributed by atoms with Gasteiger partial charge < -0.3 is 0 Å². The molecule has 0 bridgehead atoms. The zero-order valence-electron chi connectivity index (χ0n) is 16.4. The molecule has 4 aromatic rings. The number of fused-ring (bicyclic) bond motifs is 1. The number of hydrogen-bond acceptors (Lipinski definition) is 5. The van der Waals surface area contributed by atoms with Crippen LogP contribution in [-0.4, -0.2) is 31.7 Å². The van der Waals surface area contributed by atoms with Crippen LogP contribution in [-0.2, 0) is 13.0 Å². The number of carbonyl (C=O) groups excluding carboxylic acids is 1. The normalized spacial score (nSPS) is 11.7. The van der Waals surface area contributed by atoms with Crippen molar-refractivity contribution in [1.82, 2.24) is 19.6 Å². The summed E-state index contributed by atoms with van der Waals surface area (Å²) in [5.74, 6) is -7.68. The summed E-state index contributed by atoms with van der Waals surface area (Å²) in [7, 11) is 1.52. The van der Waals surface area contributed by atoms with E-state index in [1.54, 1.807) is 0 Å². The SMILES string of the molecule is Cn1cc2c(F)c(C(F)(F)C(=N)n3nc(-c4ccc(C=O)c(F)c4)ccc3=N)ccc2n1. The van der Waals surface area contributed by atoms with Crippen LogP contribution in [0, 0.1) is 22.5 Å². The largest absolute Gasteiger partial charge is 0.334 e. The molecule has 0 aliphatic heterocycles. The Morgan fingerprint density at radius 3 is 2.53 bits per heavy atom. The molecule has 0 radical (unpaired) electrons. The zero-order valence-corrected chi connectivity index (χ0v) is 16.4. The van der Waals surface area contributed by atoms with Gasteiger partial charge in [0.15, 0.2) is 12.1 Å². The average molecular weight is 442 g/mol. The average Bonchev–Trinajstić information content (AvgIpc) is 3.15. The van der Waals surface area contributed by atoms with Gasteiger partial charge in [-0.1, -0.05) is 6.07 Å². The minimum atomic E-state index is -4.15. The number of nitrogens with zero attached hydrogens (tertiary/aromatic N) is 4. The second kappa shape index (κ2) is 7.52. The number of rotatable bonds is 4. The number of halogens is 4. The van der Waals surface area contributed by atoms with E-state index in [0.717, 1.165) is 18.2 Å². The second-order valence-corrected chi connectivity index (χ2v) is 6.96. The fourth-order valence-electron chi connectivity index (χ4n) is 3.21. The van der Waals surface area contributed by atoms with Crippen LogP contribution in [0.4, 0.5) is 17.6 Å².